The van der Waals surface area contributed by atoms with E-state index in [1.54, 1.807) is 48.5 Å². The summed E-state index contributed by atoms with van der Waals surface area (Å²) in [5, 5.41) is 3.95. The Morgan fingerprint density at radius 1 is 1.10 bits per heavy atom. The van der Waals surface area contributed by atoms with Crippen molar-refractivity contribution in [2.75, 3.05) is 19.8 Å². The van der Waals surface area contributed by atoms with Crippen molar-refractivity contribution in [3.63, 3.8) is 0 Å². The zero-order valence-electron chi connectivity index (χ0n) is 16.1. The van der Waals surface area contributed by atoms with Crippen molar-refractivity contribution in [2.24, 2.45) is 10.8 Å². The number of carbonyl (C=O) groups is 2. The van der Waals surface area contributed by atoms with Crippen molar-refractivity contribution >= 4 is 18.0 Å². The van der Waals surface area contributed by atoms with Gasteiger partial charge in [0, 0.05) is 11.1 Å². The third kappa shape index (κ3) is 6.69. The van der Waals surface area contributed by atoms with Crippen molar-refractivity contribution in [3.05, 3.63) is 66.2 Å². The van der Waals surface area contributed by atoms with Crippen LogP contribution in [0.4, 0.5) is 0 Å². The fraction of sp³-hybridized carbons (Fsp3) is 0.190. The molecule has 0 fully saturated rings. The fourth-order valence-electron chi connectivity index (χ4n) is 2.28. The number of hydrazone groups is 1. The lowest BCUT2D eigenvalue weighted by Crippen LogP contribution is -2.20. The Balaban J connectivity index is 2.08. The van der Waals surface area contributed by atoms with Crippen LogP contribution in [0.15, 0.2) is 60.2 Å². The van der Waals surface area contributed by atoms with Gasteiger partial charge in [0.1, 0.15) is 12.4 Å². The highest BCUT2D eigenvalue weighted by molar-refractivity contribution is 5.95. The molecule has 0 saturated heterocycles. The smallest absolute Gasteiger partial charge is 0.271 e. The number of nitrogens with one attached hydrogen (secondary N) is 1. The maximum Gasteiger partial charge on any atom is 0.271 e. The van der Waals surface area contributed by atoms with Gasteiger partial charge in [0.05, 0.1) is 12.8 Å². The molecular weight excluding hydrogens is 374 g/mol. The lowest BCUT2D eigenvalue weighted by Gasteiger charge is -2.12. The van der Waals surface area contributed by atoms with E-state index in [9.17, 15) is 9.59 Å². The van der Waals surface area contributed by atoms with Crippen LogP contribution in [0.25, 0.3) is 0 Å². The van der Waals surface area contributed by atoms with Gasteiger partial charge in [-0.15, -0.1) is 0 Å². The van der Waals surface area contributed by atoms with Crippen LogP contribution in [0, 0.1) is 0 Å². The number of ether oxygens (including phenoxy) is 3. The molecule has 0 aromatic heterocycles. The van der Waals surface area contributed by atoms with Gasteiger partial charge in [-0.3, -0.25) is 9.59 Å². The summed E-state index contributed by atoms with van der Waals surface area (Å²) < 4.78 is 16.4. The first-order valence-corrected chi connectivity index (χ1v) is 8.89. The van der Waals surface area contributed by atoms with E-state index in [-0.39, 0.29) is 6.61 Å². The van der Waals surface area contributed by atoms with Crippen LogP contribution >= 0.6 is 0 Å². The largest absolute Gasteiger partial charge is 0.490 e. The van der Waals surface area contributed by atoms with Gasteiger partial charge in [-0.05, 0) is 37.3 Å². The first-order chi connectivity index (χ1) is 14.0. The molecular formula is C21H23N3O5. The molecule has 3 N–H and O–H groups in total. The van der Waals surface area contributed by atoms with Crippen LogP contribution in [-0.2, 0) is 4.79 Å². The standard InChI is InChI=1S/C21H23N3O5/c1-3-11-28-18-10-9-15(12-19(18)27-4-2)21(26)24-23-13-16-7-5-6-8-17(16)29-14-20(22)25/h3,5-10,12-13H,1,4,11,14H2,2H3,(H2,22,25)(H,24,26)/b23-13+. The van der Waals surface area contributed by atoms with Crippen molar-refractivity contribution in [2.45, 2.75) is 6.92 Å². The SMILES string of the molecule is C=CCOc1ccc(C(=O)N/N=C/c2ccccc2OCC(N)=O)cc1OCC. The Morgan fingerprint density at radius 3 is 2.62 bits per heavy atom. The van der Waals surface area contributed by atoms with Gasteiger partial charge in [-0.2, -0.15) is 5.10 Å². The molecule has 0 aliphatic carbocycles. The Kier molecular flexibility index (Phi) is 8.25. The van der Waals surface area contributed by atoms with Gasteiger partial charge < -0.3 is 19.9 Å². The van der Waals surface area contributed by atoms with E-state index in [1.807, 2.05) is 6.92 Å². The molecule has 152 valence electrons. The van der Waals surface area contributed by atoms with E-state index < -0.39 is 11.8 Å². The predicted octanol–water partition coefficient (Wildman–Crippen LogP) is 2.28. The van der Waals surface area contributed by atoms with Gasteiger partial charge in [0.25, 0.3) is 11.8 Å². The maximum absolute atomic E-state index is 12.4. The van der Waals surface area contributed by atoms with E-state index in [0.29, 0.717) is 41.6 Å². The lowest BCUT2D eigenvalue weighted by molar-refractivity contribution is -0.119. The molecule has 0 unspecified atom stereocenters. The average Bonchev–Trinajstić information content (AvgIpc) is 2.72. The number of carbonyl (C=O) groups excluding carboxylic acids is 2. The second kappa shape index (κ2) is 11.1. The highest BCUT2D eigenvalue weighted by Crippen LogP contribution is 2.28. The monoisotopic (exact) mass is 397 g/mol. The van der Waals surface area contributed by atoms with Crippen molar-refractivity contribution in [1.29, 1.82) is 0 Å². The number of nitrogens with zero attached hydrogens (tertiary/aromatic N) is 1. The summed E-state index contributed by atoms with van der Waals surface area (Å²) in [5.41, 5.74) is 8.47. The predicted molar refractivity (Wildman–Crippen MR) is 109 cm³/mol. The van der Waals surface area contributed by atoms with Gasteiger partial charge in [0.2, 0.25) is 0 Å². The van der Waals surface area contributed by atoms with Gasteiger partial charge in [-0.1, -0.05) is 24.8 Å². The van der Waals surface area contributed by atoms with E-state index in [2.05, 4.69) is 17.1 Å². The topological polar surface area (TPSA) is 112 Å². The molecule has 2 aromatic carbocycles. The molecule has 29 heavy (non-hydrogen) atoms. The summed E-state index contributed by atoms with van der Waals surface area (Å²) in [6, 6.07) is 11.8. The Labute approximate surface area is 169 Å². The summed E-state index contributed by atoms with van der Waals surface area (Å²) >= 11 is 0. The number of benzene rings is 2. The number of hydrogen-bond donors (Lipinski definition) is 2. The molecule has 2 amide bonds. The summed E-state index contributed by atoms with van der Waals surface area (Å²) in [6.45, 7) is 5.94. The fourth-order valence-corrected chi connectivity index (χ4v) is 2.28. The number of nitrogens with two attached hydrogens (primary N) is 1. The van der Waals surface area contributed by atoms with Crippen LogP contribution in [0.2, 0.25) is 0 Å². The molecule has 0 spiro atoms. The molecule has 0 atom stereocenters. The van der Waals surface area contributed by atoms with Crippen molar-refractivity contribution < 1.29 is 23.8 Å². The lowest BCUT2D eigenvalue weighted by atomic mass is 10.2. The third-order valence-corrected chi connectivity index (χ3v) is 3.52. The number of primary amides is 1. The first-order valence-electron chi connectivity index (χ1n) is 8.89. The zero-order chi connectivity index (χ0) is 21.1. The molecule has 0 radical (unpaired) electrons. The molecule has 0 aliphatic rings. The summed E-state index contributed by atoms with van der Waals surface area (Å²) in [4.78, 5) is 23.3. The molecule has 0 bridgehead atoms. The minimum Gasteiger partial charge on any atom is -0.490 e. The van der Waals surface area contributed by atoms with Crippen LogP contribution in [0.3, 0.4) is 0 Å². The molecule has 8 heteroatoms. The molecule has 8 nitrogen and oxygen atoms in total. The van der Waals surface area contributed by atoms with E-state index in [0.717, 1.165) is 0 Å². The van der Waals surface area contributed by atoms with Crippen LogP contribution in [-0.4, -0.2) is 37.8 Å². The second-order valence-corrected chi connectivity index (χ2v) is 5.69. The second-order valence-electron chi connectivity index (χ2n) is 5.69. The normalized spacial score (nSPS) is 10.4. The van der Waals surface area contributed by atoms with Gasteiger partial charge in [0.15, 0.2) is 18.1 Å². The van der Waals surface area contributed by atoms with E-state index in [1.165, 1.54) is 6.21 Å². The molecule has 0 saturated carbocycles. The van der Waals surface area contributed by atoms with E-state index in [4.69, 9.17) is 19.9 Å². The van der Waals surface area contributed by atoms with E-state index >= 15 is 0 Å². The summed E-state index contributed by atoms with van der Waals surface area (Å²) in [5.74, 6) is 0.388. The highest BCUT2D eigenvalue weighted by atomic mass is 16.5. The van der Waals surface area contributed by atoms with Crippen LogP contribution < -0.4 is 25.4 Å². The maximum atomic E-state index is 12.4. The van der Waals surface area contributed by atoms with Gasteiger partial charge >= 0.3 is 0 Å². The molecule has 2 rings (SSSR count). The third-order valence-electron chi connectivity index (χ3n) is 3.52. The first kappa shape index (κ1) is 21.5. The molecule has 2 aromatic rings. The average molecular weight is 397 g/mol. The zero-order valence-corrected chi connectivity index (χ0v) is 16.1. The molecule has 0 aliphatic heterocycles. The minimum absolute atomic E-state index is 0.252. The highest BCUT2D eigenvalue weighted by Gasteiger charge is 2.11. The van der Waals surface area contributed by atoms with Crippen LogP contribution in [0.1, 0.15) is 22.8 Å². The summed E-state index contributed by atoms with van der Waals surface area (Å²) in [6.07, 6.45) is 3.04. The Hall–Kier alpha value is -3.81. The molecule has 0 heterocycles. The quantitative estimate of drug-likeness (QED) is 0.343. The summed E-state index contributed by atoms with van der Waals surface area (Å²) in [7, 11) is 0. The Morgan fingerprint density at radius 2 is 1.90 bits per heavy atom. The number of para-hydroxylation sites is 1. The number of hydrogen-bond acceptors (Lipinski definition) is 6. The minimum atomic E-state index is -0.587. The number of amides is 2. The van der Waals surface area contributed by atoms with Crippen molar-refractivity contribution in [3.8, 4) is 17.2 Å². The van der Waals surface area contributed by atoms with Gasteiger partial charge in [-0.25, -0.2) is 5.43 Å². The van der Waals surface area contributed by atoms with Crippen LogP contribution in [0.5, 0.6) is 17.2 Å². The number of rotatable bonds is 11. The van der Waals surface area contributed by atoms with Crippen molar-refractivity contribution in [1.82, 2.24) is 5.43 Å². The Bertz CT molecular complexity index is 896.